The van der Waals surface area contributed by atoms with Crippen LogP contribution in [0.5, 0.6) is 0 Å². The summed E-state index contributed by atoms with van der Waals surface area (Å²) in [5.74, 6) is -1.63. The first kappa shape index (κ1) is 17.3. The molecule has 0 aliphatic carbocycles. The summed E-state index contributed by atoms with van der Waals surface area (Å²) >= 11 is 0. The second-order valence-electron chi connectivity index (χ2n) is 5.19. The van der Waals surface area contributed by atoms with E-state index in [4.69, 9.17) is 9.84 Å². The summed E-state index contributed by atoms with van der Waals surface area (Å²) in [6, 6.07) is -1.20. The minimum atomic E-state index is -1.02. The summed E-state index contributed by atoms with van der Waals surface area (Å²) in [6.07, 6.45) is 1.75. The molecule has 1 heterocycles. The van der Waals surface area contributed by atoms with E-state index in [1.807, 2.05) is 0 Å². The van der Waals surface area contributed by atoms with E-state index in [1.165, 1.54) is 16.8 Å². The van der Waals surface area contributed by atoms with Crippen molar-refractivity contribution in [3.63, 3.8) is 0 Å². The first-order valence-corrected chi connectivity index (χ1v) is 7.33. The summed E-state index contributed by atoms with van der Waals surface area (Å²) < 4.78 is 4.99. The number of piperidine rings is 1. The minimum absolute atomic E-state index is 0.289. The molecule has 0 radical (unpaired) electrons. The van der Waals surface area contributed by atoms with Gasteiger partial charge in [0, 0.05) is 20.1 Å². The van der Waals surface area contributed by atoms with Crippen molar-refractivity contribution in [3.05, 3.63) is 0 Å². The second kappa shape index (κ2) is 7.85. The molecule has 1 aliphatic heterocycles. The summed E-state index contributed by atoms with van der Waals surface area (Å²) in [5, 5.41) is 9.11. The fourth-order valence-corrected chi connectivity index (χ4v) is 2.57. The standard InChI is InChI=1S/C14H24N2O5/c1-4-11(12(17)18)15(3)14(20)16-8-6-7-10(9-16)13(19)21-5-2/h10-11H,4-9H2,1-3H3,(H,17,18). The molecule has 0 spiro atoms. The molecule has 2 unspecified atom stereocenters. The minimum Gasteiger partial charge on any atom is -0.480 e. The van der Waals surface area contributed by atoms with E-state index in [0.717, 1.165) is 0 Å². The van der Waals surface area contributed by atoms with Crippen LogP contribution < -0.4 is 0 Å². The highest BCUT2D eigenvalue weighted by Gasteiger charge is 2.33. The average molecular weight is 300 g/mol. The summed E-state index contributed by atoms with van der Waals surface area (Å²) in [4.78, 5) is 38.0. The Labute approximate surface area is 124 Å². The molecule has 1 aliphatic rings. The number of carbonyl (C=O) groups excluding carboxylic acids is 2. The molecule has 120 valence electrons. The van der Waals surface area contributed by atoms with E-state index in [0.29, 0.717) is 32.4 Å². The number of urea groups is 1. The molecule has 21 heavy (non-hydrogen) atoms. The number of esters is 1. The summed E-state index contributed by atoms with van der Waals surface area (Å²) in [6.45, 7) is 4.61. The predicted octanol–water partition coefficient (Wildman–Crippen LogP) is 1.18. The highest BCUT2D eigenvalue weighted by molar-refractivity contribution is 5.83. The molecule has 1 fully saturated rings. The van der Waals surface area contributed by atoms with Crippen LogP contribution in [0.15, 0.2) is 0 Å². The number of hydrogen-bond donors (Lipinski definition) is 1. The Kier molecular flexibility index (Phi) is 6.45. The van der Waals surface area contributed by atoms with Gasteiger partial charge in [-0.05, 0) is 26.2 Å². The Morgan fingerprint density at radius 3 is 2.57 bits per heavy atom. The van der Waals surface area contributed by atoms with Gasteiger partial charge in [0.05, 0.1) is 12.5 Å². The normalized spacial score (nSPS) is 19.8. The fourth-order valence-electron chi connectivity index (χ4n) is 2.57. The number of carbonyl (C=O) groups is 3. The van der Waals surface area contributed by atoms with E-state index in [-0.39, 0.29) is 24.5 Å². The van der Waals surface area contributed by atoms with Crippen LogP contribution in [0, 0.1) is 5.92 Å². The molecule has 0 saturated carbocycles. The third kappa shape index (κ3) is 4.34. The fraction of sp³-hybridized carbons (Fsp3) is 0.786. The quantitative estimate of drug-likeness (QED) is 0.770. The number of aliphatic carboxylic acids is 1. The molecule has 0 aromatic rings. The van der Waals surface area contributed by atoms with Crippen molar-refractivity contribution in [3.8, 4) is 0 Å². The number of hydrogen-bond acceptors (Lipinski definition) is 4. The van der Waals surface area contributed by atoms with Crippen molar-refractivity contribution in [1.82, 2.24) is 9.80 Å². The molecule has 1 rings (SSSR count). The zero-order valence-electron chi connectivity index (χ0n) is 12.9. The predicted molar refractivity (Wildman–Crippen MR) is 75.8 cm³/mol. The van der Waals surface area contributed by atoms with Gasteiger partial charge in [0.2, 0.25) is 0 Å². The number of carboxylic acids is 1. The zero-order valence-corrected chi connectivity index (χ0v) is 12.9. The number of rotatable bonds is 5. The van der Waals surface area contributed by atoms with Crippen molar-refractivity contribution >= 4 is 18.0 Å². The molecule has 1 N–H and O–H groups in total. The van der Waals surface area contributed by atoms with Crippen molar-refractivity contribution in [2.75, 3.05) is 26.7 Å². The lowest BCUT2D eigenvalue weighted by atomic mass is 9.98. The van der Waals surface area contributed by atoms with E-state index in [1.54, 1.807) is 13.8 Å². The van der Waals surface area contributed by atoms with Gasteiger partial charge in [-0.15, -0.1) is 0 Å². The number of carboxylic acid groups (broad SMARTS) is 1. The average Bonchev–Trinajstić information content (AvgIpc) is 2.47. The second-order valence-corrected chi connectivity index (χ2v) is 5.19. The van der Waals surface area contributed by atoms with Crippen LogP contribution in [0.1, 0.15) is 33.1 Å². The van der Waals surface area contributed by atoms with Gasteiger partial charge in [-0.2, -0.15) is 0 Å². The first-order chi connectivity index (χ1) is 9.92. The van der Waals surface area contributed by atoms with E-state index in [2.05, 4.69) is 0 Å². The Balaban J connectivity index is 2.69. The molecular weight excluding hydrogens is 276 g/mol. The summed E-state index contributed by atoms with van der Waals surface area (Å²) in [7, 11) is 1.48. The molecular formula is C14H24N2O5. The number of ether oxygens (including phenoxy) is 1. The van der Waals surface area contributed by atoms with Gasteiger partial charge >= 0.3 is 18.0 Å². The number of nitrogens with zero attached hydrogens (tertiary/aromatic N) is 2. The monoisotopic (exact) mass is 300 g/mol. The topological polar surface area (TPSA) is 87.2 Å². The number of likely N-dealkylation sites (tertiary alicyclic amines) is 1. The number of likely N-dealkylation sites (N-methyl/N-ethyl adjacent to an activating group) is 1. The highest BCUT2D eigenvalue weighted by Crippen LogP contribution is 2.20. The molecule has 0 aromatic carbocycles. The number of amides is 2. The Morgan fingerprint density at radius 1 is 1.38 bits per heavy atom. The smallest absolute Gasteiger partial charge is 0.326 e. The van der Waals surface area contributed by atoms with Crippen LogP contribution >= 0.6 is 0 Å². The van der Waals surface area contributed by atoms with Crippen molar-refractivity contribution in [2.24, 2.45) is 5.92 Å². The van der Waals surface area contributed by atoms with Crippen LogP contribution in [-0.4, -0.2) is 65.7 Å². The molecule has 2 amide bonds. The first-order valence-electron chi connectivity index (χ1n) is 7.33. The maximum atomic E-state index is 12.4. The highest BCUT2D eigenvalue weighted by atomic mass is 16.5. The van der Waals surface area contributed by atoms with Crippen molar-refractivity contribution < 1.29 is 24.2 Å². The van der Waals surface area contributed by atoms with Gasteiger partial charge in [-0.25, -0.2) is 9.59 Å². The third-order valence-corrected chi connectivity index (χ3v) is 3.75. The van der Waals surface area contributed by atoms with Crippen LogP contribution in [0.25, 0.3) is 0 Å². The Morgan fingerprint density at radius 2 is 2.05 bits per heavy atom. The van der Waals surface area contributed by atoms with Gasteiger partial charge in [0.25, 0.3) is 0 Å². The lowest BCUT2D eigenvalue weighted by Gasteiger charge is -2.35. The molecule has 0 bridgehead atoms. The van der Waals surface area contributed by atoms with Crippen LogP contribution in [0.3, 0.4) is 0 Å². The van der Waals surface area contributed by atoms with E-state index in [9.17, 15) is 14.4 Å². The van der Waals surface area contributed by atoms with Gasteiger partial charge in [0.15, 0.2) is 0 Å². The molecule has 2 atom stereocenters. The van der Waals surface area contributed by atoms with Crippen LogP contribution in [0.2, 0.25) is 0 Å². The maximum Gasteiger partial charge on any atom is 0.326 e. The Hall–Kier alpha value is -1.79. The Bertz CT molecular complexity index is 399. The van der Waals surface area contributed by atoms with E-state index >= 15 is 0 Å². The molecule has 1 saturated heterocycles. The van der Waals surface area contributed by atoms with Gasteiger partial charge in [-0.3, -0.25) is 4.79 Å². The third-order valence-electron chi connectivity index (χ3n) is 3.75. The summed E-state index contributed by atoms with van der Waals surface area (Å²) in [5.41, 5.74) is 0. The molecule has 7 nitrogen and oxygen atoms in total. The van der Waals surface area contributed by atoms with Crippen LogP contribution in [0.4, 0.5) is 4.79 Å². The van der Waals surface area contributed by atoms with Crippen molar-refractivity contribution in [2.45, 2.75) is 39.2 Å². The van der Waals surface area contributed by atoms with Crippen molar-refractivity contribution in [1.29, 1.82) is 0 Å². The lowest BCUT2D eigenvalue weighted by Crippen LogP contribution is -2.52. The molecule has 0 aromatic heterocycles. The maximum absolute atomic E-state index is 12.4. The largest absolute Gasteiger partial charge is 0.480 e. The molecule has 7 heteroatoms. The van der Waals surface area contributed by atoms with Gasteiger partial charge < -0.3 is 19.6 Å². The van der Waals surface area contributed by atoms with Crippen LogP contribution in [-0.2, 0) is 14.3 Å². The van der Waals surface area contributed by atoms with Gasteiger partial charge in [0.1, 0.15) is 6.04 Å². The van der Waals surface area contributed by atoms with E-state index < -0.39 is 12.0 Å². The lowest BCUT2D eigenvalue weighted by molar-refractivity contribution is -0.150. The van der Waals surface area contributed by atoms with Gasteiger partial charge in [-0.1, -0.05) is 6.92 Å². The zero-order chi connectivity index (χ0) is 16.0. The SMILES string of the molecule is CCOC(=O)C1CCCN(C(=O)N(C)C(CC)C(=O)O)C1.